The van der Waals surface area contributed by atoms with Crippen LogP contribution < -0.4 is 52.8 Å². The zero-order valence-electron chi connectivity index (χ0n) is 77.8. The highest BCUT2D eigenvalue weighted by Gasteiger charge is 2.31. The largest absolute Gasteiger partial charge is 0.532 e. The predicted octanol–water partition coefficient (Wildman–Crippen LogP) is 25.5. The lowest BCUT2D eigenvalue weighted by Gasteiger charge is -2.30. The summed E-state index contributed by atoms with van der Waals surface area (Å²) in [5.41, 5.74) is 17.1. The van der Waals surface area contributed by atoms with Gasteiger partial charge in [0.15, 0.2) is 12.5 Å². The van der Waals surface area contributed by atoms with E-state index in [0.29, 0.717) is 128 Å². The molecule has 4 aliphatic carbocycles. The number of ether oxygens (including phenoxy) is 7. The first-order valence-corrected chi connectivity index (χ1v) is 44.4. The van der Waals surface area contributed by atoms with Crippen LogP contribution in [0.4, 0.5) is 22.7 Å². The molecule has 132 heavy (non-hydrogen) atoms. The molecule has 20 nitrogen and oxygen atoms in total. The number of anilines is 4. The van der Waals surface area contributed by atoms with Gasteiger partial charge in [-0.1, -0.05) is 195 Å². The van der Waals surface area contributed by atoms with Gasteiger partial charge in [-0.2, -0.15) is 25.5 Å². The summed E-state index contributed by atoms with van der Waals surface area (Å²) in [7, 11) is 7.99. The Morgan fingerprint density at radius 3 is 1.03 bits per heavy atom. The van der Waals surface area contributed by atoms with Crippen LogP contribution in [0.3, 0.4) is 0 Å². The molecule has 0 fully saturated rings. The van der Waals surface area contributed by atoms with Gasteiger partial charge in [0.25, 0.3) is 0 Å². The molecular weight excluding hydrogens is 1650 g/mol. The van der Waals surface area contributed by atoms with E-state index in [2.05, 4.69) is 201 Å². The first kappa shape index (κ1) is 96.1. The molecule has 0 amide bonds. The minimum Gasteiger partial charge on any atom is -0.532 e. The van der Waals surface area contributed by atoms with Crippen LogP contribution in [0.1, 0.15) is 156 Å². The van der Waals surface area contributed by atoms with E-state index in [1.54, 1.807) is 30.3 Å². The van der Waals surface area contributed by atoms with Crippen molar-refractivity contribution in [2.75, 3.05) is 94.0 Å². The summed E-state index contributed by atoms with van der Waals surface area (Å²) in [5.74, 6) is 1.77. The first-order chi connectivity index (χ1) is 63.1. The molecule has 20 heteroatoms. The first-order valence-electron chi connectivity index (χ1n) is 44.4. The molecule has 0 unspecified atom stereocenters. The lowest BCUT2D eigenvalue weighted by Crippen LogP contribution is -2.24. The van der Waals surface area contributed by atoms with Crippen molar-refractivity contribution in [1.29, 1.82) is 15.8 Å². The molecular formula is C112H117N9O11. The number of benzene rings is 8. The third kappa shape index (κ3) is 28.2. The van der Waals surface area contributed by atoms with Gasteiger partial charge in [-0.3, -0.25) is 0 Å². The fraction of sp³-hybridized carbons (Fsp3) is 0.304. The van der Waals surface area contributed by atoms with E-state index < -0.39 is 5.97 Å². The van der Waals surface area contributed by atoms with E-state index >= 15 is 0 Å². The number of carbonyl (C=O) groups is 1. The minimum absolute atomic E-state index is 0.0104. The molecule has 8 aromatic rings. The van der Waals surface area contributed by atoms with E-state index in [0.717, 1.165) is 110 Å². The standard InChI is InChI=1S/C112H117N9O11/c1-77-16-42-98(43-17-77)132-108(125)88-58-103(129-74-86-54-99(126-47-44-118(12)94-34-26-78(27-35-94)18-22-82-50-89(93(71-113)72-114)67-109(2,3)63-82)60-100(55-86)127-48-45-119(13)95-36-28-79(29-37-95)20-24-84-52-91(106(123)116-10)69-111(6,7)65-84)62-104(59-88)130-75-87-56-101(128-49-46-120(14)96-38-30-80(31-39-96)21-25-85-53-92(107(124)117-11)70-112(8,9)66-85)61-102(57-87)131-76-121(15)97-40-32-81(33-41-97)19-23-83-51-90(105(122)73-115)68-110(4,5)64-83/h16-43,50-62,122-124H,44-49,63-70,74-76H2,1-9,12-15H3/b22-18+,23-19+,24-20+,25-21+,105-90-,106-91-,107-92-. The number of carbonyl (C=O) groups excluding carboxylic acids is 1. The third-order valence-electron chi connectivity index (χ3n) is 23.4. The van der Waals surface area contributed by atoms with Crippen LogP contribution in [0.25, 0.3) is 34.0 Å². The Kier molecular flexibility index (Phi) is 31.9. The minimum atomic E-state index is -0.629. The quantitative estimate of drug-likeness (QED) is 0.00637. The molecule has 0 radical (unpaired) electrons. The van der Waals surface area contributed by atoms with E-state index in [4.69, 9.17) is 46.3 Å². The SMILES string of the molecule is [C-]#[N+]/C(O)=C1C=C(/C=C/c2ccc(N(C)CCOc3cc(COc4cc(OCc5cc(OCCN(C)c6ccc(/C=C/C7=CC(=C(/O)[N+]#[C-])/CC(C)(C)C7)cc6)cc(OCN(C)c6ccc(/C=C/C7=CC(=C(/O)C#N)/CC(C)(C)C7)cc6)c5)cc(C(=O)Oc5ccc(C)cc5)c4)cc(OCCN(C)c4ccc(/C=C/C5=CC(=C(C#N)C#N)CC(C)(C)C5)cc4)c3)cc2)CC(C)(C)C\1. The summed E-state index contributed by atoms with van der Waals surface area (Å²) in [6.07, 6.45) is 30.0. The lowest BCUT2D eigenvalue weighted by atomic mass is 9.74. The van der Waals surface area contributed by atoms with Gasteiger partial charge >= 0.3 is 17.7 Å². The molecule has 676 valence electrons. The van der Waals surface area contributed by atoms with Gasteiger partial charge < -0.3 is 68.1 Å². The van der Waals surface area contributed by atoms with Gasteiger partial charge in [0, 0.05) is 74.7 Å². The molecule has 3 N–H and O–H groups in total. The van der Waals surface area contributed by atoms with Crippen LogP contribution in [0.2, 0.25) is 0 Å². The van der Waals surface area contributed by atoms with Crippen molar-refractivity contribution in [2.45, 2.75) is 127 Å². The summed E-state index contributed by atoms with van der Waals surface area (Å²) in [4.78, 5) is 29.3. The molecule has 0 atom stereocenters. The normalized spacial score (nSPS) is 16.6. The fourth-order valence-corrected chi connectivity index (χ4v) is 16.7. The van der Waals surface area contributed by atoms with E-state index in [1.807, 2.05) is 155 Å². The number of esters is 1. The maximum atomic E-state index is 14.4. The predicted molar refractivity (Wildman–Crippen MR) is 527 cm³/mol. The molecule has 4 aliphatic rings. The van der Waals surface area contributed by atoms with Crippen LogP contribution in [-0.2, 0) is 13.2 Å². The second-order valence-electron chi connectivity index (χ2n) is 37.6. The molecule has 8 aromatic carbocycles. The molecule has 0 heterocycles. The van der Waals surface area contributed by atoms with E-state index in [9.17, 15) is 35.9 Å². The van der Waals surface area contributed by atoms with E-state index in [-0.39, 0.29) is 70.3 Å². The van der Waals surface area contributed by atoms with Crippen LogP contribution in [0.5, 0.6) is 40.2 Å². The molecule has 0 aromatic heterocycles. The van der Waals surface area contributed by atoms with Gasteiger partial charge in [-0.15, -0.1) is 0 Å². The van der Waals surface area contributed by atoms with Gasteiger partial charge in [0.05, 0.1) is 38.3 Å². The van der Waals surface area contributed by atoms with Crippen molar-refractivity contribution >= 4 is 53.0 Å². The summed E-state index contributed by atoms with van der Waals surface area (Å²) in [6, 6.07) is 62.5. The number of nitrogens with zero attached hydrogens (tertiary/aromatic N) is 9. The Labute approximate surface area is 778 Å². The zero-order valence-corrected chi connectivity index (χ0v) is 77.8. The van der Waals surface area contributed by atoms with Crippen molar-refractivity contribution < 1.29 is 53.3 Å². The smallest absolute Gasteiger partial charge is 0.343 e. The Balaban J connectivity index is 0.773. The number of aliphatic hydroxyl groups is 3. The molecule has 0 aliphatic heterocycles. The number of aryl methyl sites for hydroxylation is 1. The van der Waals surface area contributed by atoms with E-state index in [1.165, 1.54) is 0 Å². The summed E-state index contributed by atoms with van der Waals surface area (Å²) >= 11 is 0. The highest BCUT2D eigenvalue weighted by atomic mass is 16.5. The van der Waals surface area contributed by atoms with Crippen molar-refractivity contribution in [3.63, 3.8) is 0 Å². The van der Waals surface area contributed by atoms with Crippen LogP contribution in [0.15, 0.2) is 292 Å². The highest BCUT2D eigenvalue weighted by molar-refractivity contribution is 5.92. The Hall–Kier alpha value is -15.0. The molecule has 0 saturated heterocycles. The average Bonchev–Trinajstić information content (AvgIpc) is 0.827. The molecule has 12 rings (SSSR count). The van der Waals surface area contributed by atoms with Crippen molar-refractivity contribution in [2.24, 2.45) is 21.7 Å². The second-order valence-corrected chi connectivity index (χ2v) is 37.6. The summed E-state index contributed by atoms with van der Waals surface area (Å²) in [6.45, 7) is 36.6. The van der Waals surface area contributed by atoms with Crippen LogP contribution >= 0.6 is 0 Å². The van der Waals surface area contributed by atoms with Gasteiger partial charge in [0.1, 0.15) is 97.1 Å². The van der Waals surface area contributed by atoms with Gasteiger partial charge in [-0.05, 0) is 249 Å². The summed E-state index contributed by atoms with van der Waals surface area (Å²) < 4.78 is 45.8. The number of hydrogen-bond acceptors (Lipinski definition) is 18. The number of allylic oxidation sites excluding steroid dienone is 18. The maximum Gasteiger partial charge on any atom is 0.343 e. The van der Waals surface area contributed by atoms with Crippen LogP contribution in [0, 0.1) is 75.7 Å². The van der Waals surface area contributed by atoms with Crippen molar-refractivity contribution in [3.05, 3.63) is 360 Å². The van der Waals surface area contributed by atoms with Gasteiger partial charge in [0.2, 0.25) is 0 Å². The maximum absolute atomic E-state index is 14.4. The Morgan fingerprint density at radius 1 is 0.379 bits per heavy atom. The molecule has 0 bridgehead atoms. The fourth-order valence-electron chi connectivity index (χ4n) is 16.7. The summed E-state index contributed by atoms with van der Waals surface area (Å²) in [5, 5.41) is 59.7. The van der Waals surface area contributed by atoms with Gasteiger partial charge in [-0.25, -0.2) is 4.79 Å². The monoisotopic (exact) mass is 1760 g/mol. The number of hydrogen-bond donors (Lipinski definition) is 3. The van der Waals surface area contributed by atoms with Crippen molar-refractivity contribution in [3.8, 4) is 58.5 Å². The highest BCUT2D eigenvalue weighted by Crippen LogP contribution is 2.45. The van der Waals surface area contributed by atoms with Crippen LogP contribution in [-0.4, -0.2) is 95.7 Å². The Bertz CT molecular complexity index is 6140. The third-order valence-corrected chi connectivity index (χ3v) is 23.4. The lowest BCUT2D eigenvalue weighted by molar-refractivity contribution is 0.0733. The number of aliphatic hydroxyl groups excluding tert-OH is 3. The number of likely N-dealkylation sites (N-methyl/N-ethyl adjacent to an activating group) is 3. The molecule has 0 saturated carbocycles. The average molecular weight is 1770 g/mol. The van der Waals surface area contributed by atoms with Crippen molar-refractivity contribution in [1.82, 2.24) is 0 Å². The topological polar surface area (TPSA) is 235 Å². The number of nitriles is 3. The Morgan fingerprint density at radius 2 is 0.689 bits per heavy atom. The second kappa shape index (κ2) is 43.8. The number of rotatable bonds is 35. The zero-order chi connectivity index (χ0) is 94.3. The molecule has 0 spiro atoms.